The average Bonchev–Trinajstić information content (AvgIpc) is 3.75. The minimum absolute atomic E-state index is 0.0155. The van der Waals surface area contributed by atoms with E-state index in [9.17, 15) is 4.79 Å². The van der Waals surface area contributed by atoms with Crippen LogP contribution >= 0.6 is 0 Å². The van der Waals surface area contributed by atoms with Crippen LogP contribution in [-0.4, -0.2) is 36.9 Å². The number of amides is 2. The van der Waals surface area contributed by atoms with Crippen LogP contribution in [0.25, 0.3) is 5.57 Å². The summed E-state index contributed by atoms with van der Waals surface area (Å²) < 4.78 is 11.2. The van der Waals surface area contributed by atoms with Gasteiger partial charge in [0.15, 0.2) is 0 Å². The smallest absolute Gasteiger partial charge is 0.261 e. The molecule has 2 fully saturated rings. The second kappa shape index (κ2) is 10.1. The van der Waals surface area contributed by atoms with Gasteiger partial charge in [0.05, 0.1) is 25.3 Å². The molecule has 1 aromatic heterocycles. The molecular weight excluding hydrogens is 524 g/mol. The predicted octanol–water partition coefficient (Wildman–Crippen LogP) is 5.94. The maximum atomic E-state index is 15.3. The van der Waals surface area contributed by atoms with Crippen LogP contribution in [0.1, 0.15) is 46.8 Å². The Morgan fingerprint density at radius 2 is 1.76 bits per heavy atom. The van der Waals surface area contributed by atoms with Crippen molar-refractivity contribution in [1.29, 1.82) is 0 Å². The van der Waals surface area contributed by atoms with Crippen molar-refractivity contribution in [2.24, 2.45) is 11.3 Å². The molecule has 8 rings (SSSR count). The SMILES string of the molecule is C=C(C(=O)N(Cc1ccco1)C(=O)[C@]12CNC[C@H]1[C@@]1(c3ccccc3)CC[C@@H]2c2ccccc21)c1ccccc1OC. The number of rotatable bonds is 7. The van der Waals surface area contributed by atoms with Gasteiger partial charge in [0.2, 0.25) is 5.91 Å². The molecule has 1 N–H and O–H groups in total. The van der Waals surface area contributed by atoms with Gasteiger partial charge < -0.3 is 14.5 Å². The van der Waals surface area contributed by atoms with Crippen LogP contribution < -0.4 is 10.1 Å². The molecule has 1 saturated carbocycles. The van der Waals surface area contributed by atoms with Crippen molar-refractivity contribution in [3.63, 3.8) is 0 Å². The maximum Gasteiger partial charge on any atom is 0.261 e. The molecule has 0 spiro atoms. The van der Waals surface area contributed by atoms with Crippen LogP contribution in [0.15, 0.2) is 108 Å². The van der Waals surface area contributed by atoms with Crippen molar-refractivity contribution in [2.45, 2.75) is 30.7 Å². The lowest BCUT2D eigenvalue weighted by Crippen LogP contribution is -2.63. The second-order valence-electron chi connectivity index (χ2n) is 11.7. The Morgan fingerprint density at radius 3 is 2.55 bits per heavy atom. The summed E-state index contributed by atoms with van der Waals surface area (Å²) in [7, 11) is 1.56. The molecule has 4 aliphatic rings. The fourth-order valence-corrected chi connectivity index (χ4v) is 8.30. The average molecular weight is 559 g/mol. The zero-order valence-corrected chi connectivity index (χ0v) is 23.7. The Hall–Kier alpha value is -4.42. The topological polar surface area (TPSA) is 71.8 Å². The van der Waals surface area contributed by atoms with Gasteiger partial charge in [-0.1, -0.05) is 79.4 Å². The van der Waals surface area contributed by atoms with E-state index in [0.29, 0.717) is 30.2 Å². The van der Waals surface area contributed by atoms with Gasteiger partial charge in [-0.25, -0.2) is 0 Å². The van der Waals surface area contributed by atoms with Gasteiger partial charge in [0, 0.05) is 41.5 Å². The van der Waals surface area contributed by atoms with E-state index in [4.69, 9.17) is 9.15 Å². The molecule has 2 bridgehead atoms. The lowest BCUT2D eigenvalue weighted by molar-refractivity contribution is -0.156. The summed E-state index contributed by atoms with van der Waals surface area (Å²) in [4.78, 5) is 31.1. The Morgan fingerprint density at radius 1 is 1.00 bits per heavy atom. The largest absolute Gasteiger partial charge is 0.496 e. The van der Waals surface area contributed by atoms with Gasteiger partial charge in [-0.05, 0) is 47.7 Å². The number of nitrogens with one attached hydrogen (secondary N) is 1. The van der Waals surface area contributed by atoms with Gasteiger partial charge in [-0.15, -0.1) is 0 Å². The number of carbonyl (C=O) groups is 2. The molecule has 4 atom stereocenters. The minimum atomic E-state index is -0.814. The Balaban J connectivity index is 1.38. The summed E-state index contributed by atoms with van der Waals surface area (Å²) >= 11 is 0. The summed E-state index contributed by atoms with van der Waals surface area (Å²) in [5.41, 5.74) is 3.38. The highest BCUT2D eigenvalue weighted by molar-refractivity contribution is 6.24. The number of hydrogen-bond acceptors (Lipinski definition) is 5. The molecular formula is C36H34N2O4. The Bertz CT molecular complexity index is 1660. The van der Waals surface area contributed by atoms with E-state index in [0.717, 1.165) is 12.8 Å². The highest BCUT2D eigenvalue weighted by atomic mass is 16.5. The van der Waals surface area contributed by atoms with Crippen LogP contribution in [0.4, 0.5) is 0 Å². The zero-order valence-electron chi connectivity index (χ0n) is 23.7. The van der Waals surface area contributed by atoms with E-state index in [1.165, 1.54) is 21.6 Å². The van der Waals surface area contributed by atoms with Gasteiger partial charge >= 0.3 is 0 Å². The van der Waals surface area contributed by atoms with Gasteiger partial charge in [-0.2, -0.15) is 0 Å². The van der Waals surface area contributed by atoms with Crippen molar-refractivity contribution >= 4 is 17.4 Å². The van der Waals surface area contributed by atoms with E-state index in [2.05, 4.69) is 60.4 Å². The van der Waals surface area contributed by atoms with Crippen LogP contribution in [0.2, 0.25) is 0 Å². The first kappa shape index (κ1) is 26.5. The van der Waals surface area contributed by atoms with E-state index in [1.54, 1.807) is 37.6 Å². The van der Waals surface area contributed by atoms with Crippen LogP contribution in [0.3, 0.4) is 0 Å². The first-order valence-electron chi connectivity index (χ1n) is 14.6. The summed E-state index contributed by atoms with van der Waals surface area (Å²) in [6, 6.07) is 30.1. The number of carbonyl (C=O) groups excluding carboxylic acids is 2. The molecule has 0 unspecified atom stereocenters. The van der Waals surface area contributed by atoms with Gasteiger partial charge in [0.25, 0.3) is 5.91 Å². The first-order chi connectivity index (χ1) is 20.5. The minimum Gasteiger partial charge on any atom is -0.496 e. The van der Waals surface area contributed by atoms with Crippen LogP contribution in [0.5, 0.6) is 5.75 Å². The van der Waals surface area contributed by atoms with Crippen LogP contribution in [0, 0.1) is 11.3 Å². The number of methoxy groups -OCH3 is 1. The van der Waals surface area contributed by atoms with E-state index < -0.39 is 11.3 Å². The quantitative estimate of drug-likeness (QED) is 0.284. The number of ether oxygens (including phenoxy) is 1. The third kappa shape index (κ3) is 3.68. The fourth-order valence-electron chi connectivity index (χ4n) is 8.30. The predicted molar refractivity (Wildman–Crippen MR) is 161 cm³/mol. The number of furan rings is 1. The second-order valence-corrected chi connectivity index (χ2v) is 11.7. The van der Waals surface area contributed by atoms with Crippen molar-refractivity contribution in [3.05, 3.63) is 132 Å². The fraction of sp³-hybridized carbons (Fsp3) is 0.278. The van der Waals surface area contributed by atoms with Crippen molar-refractivity contribution < 1.29 is 18.7 Å². The number of fused-ring (bicyclic) bond motifs is 1. The summed E-state index contributed by atoms with van der Waals surface area (Å²) in [6.07, 6.45) is 3.39. The molecule has 42 heavy (non-hydrogen) atoms. The first-order valence-corrected chi connectivity index (χ1v) is 14.6. The standard InChI is InChI=1S/C36H34N2O4/c1-24(27-14-7-9-17-31(27)41-2)33(39)38(22-26-13-10-20-42-26)34(40)36-23-37-21-32(36)35(25-11-4-3-5-12-25)19-18-30(36)28-15-6-8-16-29(28)35/h3-17,20,30,32,37H,1,18-19,21-23H2,2H3/t30-,32+,35-,36+/m1/s1. The van der Waals surface area contributed by atoms with Crippen molar-refractivity contribution in [2.75, 3.05) is 20.2 Å². The maximum absolute atomic E-state index is 15.3. The molecule has 1 saturated heterocycles. The summed E-state index contributed by atoms with van der Waals surface area (Å²) in [5, 5.41) is 3.62. The Kier molecular flexibility index (Phi) is 6.39. The van der Waals surface area contributed by atoms with Gasteiger partial charge in [0.1, 0.15) is 11.5 Å². The molecule has 6 heteroatoms. The molecule has 1 aliphatic heterocycles. The van der Waals surface area contributed by atoms with E-state index >= 15 is 4.79 Å². The Labute approximate surface area is 246 Å². The molecule has 6 nitrogen and oxygen atoms in total. The molecule has 4 aromatic rings. The highest BCUT2D eigenvalue weighted by Gasteiger charge is 2.69. The monoisotopic (exact) mass is 558 g/mol. The molecule has 3 aliphatic carbocycles. The third-order valence-electron chi connectivity index (χ3n) is 10.0. The molecule has 0 radical (unpaired) electrons. The molecule has 2 amide bonds. The summed E-state index contributed by atoms with van der Waals surface area (Å²) in [5.74, 6) is 0.424. The molecule has 2 heterocycles. The third-order valence-corrected chi connectivity index (χ3v) is 10.0. The number of nitrogens with zero attached hydrogens (tertiary/aromatic N) is 1. The molecule has 3 aromatic carbocycles. The van der Waals surface area contributed by atoms with E-state index in [-0.39, 0.29) is 35.3 Å². The number of imide groups is 1. The van der Waals surface area contributed by atoms with Crippen molar-refractivity contribution in [1.82, 2.24) is 10.2 Å². The molecule has 212 valence electrons. The normalized spacial score (nSPS) is 25.4. The number of para-hydroxylation sites is 1. The lowest BCUT2D eigenvalue weighted by atomic mass is 9.42. The highest BCUT2D eigenvalue weighted by Crippen LogP contribution is 2.68. The summed E-state index contributed by atoms with van der Waals surface area (Å²) in [6.45, 7) is 5.40. The number of benzene rings is 3. The van der Waals surface area contributed by atoms with Gasteiger partial charge in [-0.3, -0.25) is 14.5 Å². The number of hydrogen-bond donors (Lipinski definition) is 1. The van der Waals surface area contributed by atoms with Crippen molar-refractivity contribution in [3.8, 4) is 5.75 Å². The van der Waals surface area contributed by atoms with E-state index in [1.807, 2.05) is 18.2 Å². The lowest BCUT2D eigenvalue weighted by Gasteiger charge is -2.60. The zero-order chi connectivity index (χ0) is 28.9. The van der Waals surface area contributed by atoms with Crippen LogP contribution in [-0.2, 0) is 21.5 Å².